The topological polar surface area (TPSA) is 85.6 Å². The van der Waals surface area contributed by atoms with Crippen molar-refractivity contribution in [2.45, 2.75) is 39.2 Å². The summed E-state index contributed by atoms with van der Waals surface area (Å²) in [5.41, 5.74) is 5.32. The van der Waals surface area contributed by atoms with Gasteiger partial charge in [0, 0.05) is 49.4 Å². The molecule has 1 atom stereocenters. The minimum atomic E-state index is -0.537. The van der Waals surface area contributed by atoms with Crippen LogP contribution in [0.5, 0.6) is 5.88 Å². The summed E-state index contributed by atoms with van der Waals surface area (Å²) >= 11 is 0. The van der Waals surface area contributed by atoms with Gasteiger partial charge < -0.3 is 14.4 Å². The van der Waals surface area contributed by atoms with Crippen molar-refractivity contribution >= 4 is 5.91 Å². The molecule has 1 unspecified atom stereocenters. The Kier molecular flexibility index (Phi) is 7.48. The molecule has 0 N–H and O–H groups in total. The van der Waals surface area contributed by atoms with Gasteiger partial charge in [0.25, 0.3) is 0 Å². The fourth-order valence-corrected chi connectivity index (χ4v) is 5.34. The number of rotatable bonds is 7. The summed E-state index contributed by atoms with van der Waals surface area (Å²) in [4.78, 5) is 25.5. The zero-order valence-electron chi connectivity index (χ0n) is 21.6. The Labute approximate surface area is 216 Å². The smallest absolute Gasteiger partial charge is 0.250 e. The molecule has 0 bridgehead atoms. The van der Waals surface area contributed by atoms with Crippen molar-refractivity contribution in [3.8, 4) is 22.8 Å². The van der Waals surface area contributed by atoms with Crippen molar-refractivity contribution in [1.29, 1.82) is 0 Å². The van der Waals surface area contributed by atoms with Gasteiger partial charge in [0.2, 0.25) is 11.8 Å². The average molecular weight is 509 g/mol. The molecule has 0 spiro atoms. The van der Waals surface area contributed by atoms with Gasteiger partial charge in [-0.2, -0.15) is 5.10 Å². The van der Waals surface area contributed by atoms with E-state index in [1.165, 1.54) is 13.2 Å². The number of methoxy groups -OCH3 is 1. The zero-order valence-corrected chi connectivity index (χ0v) is 21.6. The molecule has 1 saturated heterocycles. The summed E-state index contributed by atoms with van der Waals surface area (Å²) in [6.45, 7) is 8.00. The number of piperazine rings is 1. The largest absolute Gasteiger partial charge is 0.479 e. The van der Waals surface area contributed by atoms with E-state index in [-0.39, 0.29) is 17.8 Å². The Morgan fingerprint density at radius 2 is 2.00 bits per heavy atom. The number of hydrogen-bond acceptors (Lipinski definition) is 7. The molecule has 0 aliphatic carbocycles. The first-order chi connectivity index (χ1) is 18.0. The normalized spacial score (nSPS) is 17.4. The molecule has 10 heteroatoms. The lowest BCUT2D eigenvalue weighted by molar-refractivity contribution is -0.136. The van der Waals surface area contributed by atoms with Crippen molar-refractivity contribution in [1.82, 2.24) is 29.5 Å². The van der Waals surface area contributed by atoms with E-state index in [0.29, 0.717) is 38.3 Å². The molecule has 9 nitrogen and oxygen atoms in total. The van der Waals surface area contributed by atoms with Crippen LogP contribution >= 0.6 is 0 Å². The van der Waals surface area contributed by atoms with Crippen molar-refractivity contribution in [3.05, 3.63) is 53.4 Å². The van der Waals surface area contributed by atoms with Gasteiger partial charge in [0.05, 0.1) is 61.9 Å². The fourth-order valence-electron chi connectivity index (χ4n) is 5.34. The number of amides is 1. The molecule has 0 radical (unpaired) electrons. The maximum absolute atomic E-state index is 14.5. The zero-order chi connectivity index (χ0) is 25.9. The lowest BCUT2D eigenvalue weighted by Crippen LogP contribution is -2.51. The minimum absolute atomic E-state index is 0.0341. The van der Waals surface area contributed by atoms with Gasteiger partial charge in [-0.25, -0.2) is 14.1 Å². The highest BCUT2D eigenvalue weighted by molar-refractivity contribution is 5.79. The van der Waals surface area contributed by atoms with Gasteiger partial charge in [0.1, 0.15) is 0 Å². The van der Waals surface area contributed by atoms with E-state index in [9.17, 15) is 9.18 Å². The van der Waals surface area contributed by atoms with E-state index >= 15 is 0 Å². The molecule has 2 aliphatic rings. The maximum Gasteiger partial charge on any atom is 0.250 e. The van der Waals surface area contributed by atoms with Gasteiger partial charge >= 0.3 is 0 Å². The molecule has 2 aliphatic heterocycles. The Balaban J connectivity index is 1.52. The average Bonchev–Trinajstić information content (AvgIpc) is 3.10. The van der Waals surface area contributed by atoms with E-state index in [4.69, 9.17) is 19.6 Å². The molecule has 0 saturated carbocycles. The lowest BCUT2D eigenvalue weighted by Gasteiger charge is -2.38. The number of fused-ring (bicyclic) bond motifs is 1. The maximum atomic E-state index is 14.5. The van der Waals surface area contributed by atoms with E-state index < -0.39 is 5.82 Å². The Bertz CT molecular complexity index is 1280. The third-order valence-electron chi connectivity index (χ3n) is 7.25. The highest BCUT2D eigenvalue weighted by atomic mass is 19.1. The highest BCUT2D eigenvalue weighted by Gasteiger charge is 2.30. The quantitative estimate of drug-likeness (QED) is 0.485. The second-order valence-electron chi connectivity index (χ2n) is 9.32. The number of halogens is 1. The number of ether oxygens (including phenoxy) is 2. The molecule has 1 fully saturated rings. The lowest BCUT2D eigenvalue weighted by atomic mass is 10.00. The fraction of sp³-hybridized carbons (Fsp3) is 0.481. The first kappa shape index (κ1) is 25.3. The molecular weight excluding hydrogens is 475 g/mol. The summed E-state index contributed by atoms with van der Waals surface area (Å²) in [5.74, 6) is -0.425. The third kappa shape index (κ3) is 4.95. The summed E-state index contributed by atoms with van der Waals surface area (Å²) in [5, 5.41) is 4.95. The van der Waals surface area contributed by atoms with Crippen LogP contribution in [0.1, 0.15) is 43.3 Å². The first-order valence-electron chi connectivity index (χ1n) is 12.9. The molecule has 5 heterocycles. The van der Waals surface area contributed by atoms with Gasteiger partial charge in [-0.3, -0.25) is 14.7 Å². The van der Waals surface area contributed by atoms with Crippen LogP contribution in [0.25, 0.3) is 16.9 Å². The second-order valence-corrected chi connectivity index (χ2v) is 9.32. The molecule has 196 valence electrons. The number of aromatic nitrogens is 4. The highest BCUT2D eigenvalue weighted by Crippen LogP contribution is 2.33. The minimum Gasteiger partial charge on any atom is -0.479 e. The van der Waals surface area contributed by atoms with Crippen molar-refractivity contribution in [3.63, 3.8) is 0 Å². The van der Waals surface area contributed by atoms with Crippen LogP contribution in [0.2, 0.25) is 0 Å². The molecule has 37 heavy (non-hydrogen) atoms. The van der Waals surface area contributed by atoms with Crippen molar-refractivity contribution in [2.24, 2.45) is 0 Å². The number of carbonyl (C=O) groups excluding carboxylic acids is 1. The van der Waals surface area contributed by atoms with Crippen molar-refractivity contribution in [2.75, 3.05) is 46.5 Å². The number of likely N-dealkylation sites (N-methyl/N-ethyl adjacent to an activating group) is 1. The number of pyridine rings is 2. The Morgan fingerprint density at radius 1 is 1.16 bits per heavy atom. The molecule has 0 aromatic carbocycles. The first-order valence-corrected chi connectivity index (χ1v) is 12.9. The Hall–Kier alpha value is -3.37. The molecule has 3 aromatic rings. The molecule has 3 aromatic heterocycles. The van der Waals surface area contributed by atoms with E-state index in [1.54, 1.807) is 10.9 Å². The predicted octanol–water partition coefficient (Wildman–Crippen LogP) is 3.21. The number of carbonyl (C=O) groups is 1. The van der Waals surface area contributed by atoms with Crippen molar-refractivity contribution < 1.29 is 18.7 Å². The summed E-state index contributed by atoms with van der Waals surface area (Å²) in [6.07, 6.45) is 5.59. The van der Waals surface area contributed by atoms with Gasteiger partial charge in [-0.15, -0.1) is 0 Å². The molecule has 5 rings (SSSR count). The number of hydrogen-bond donors (Lipinski definition) is 0. The van der Waals surface area contributed by atoms with Gasteiger partial charge in [0.15, 0.2) is 5.82 Å². The van der Waals surface area contributed by atoms with Gasteiger partial charge in [-0.05, 0) is 31.9 Å². The van der Waals surface area contributed by atoms with E-state index in [0.717, 1.165) is 54.3 Å². The van der Waals surface area contributed by atoms with E-state index in [1.807, 2.05) is 24.1 Å². The van der Waals surface area contributed by atoms with Crippen LogP contribution < -0.4 is 4.74 Å². The van der Waals surface area contributed by atoms with Crippen LogP contribution in [0.15, 0.2) is 30.6 Å². The standard InChI is InChI=1S/C27H33FN6O3/c1-4-23(33-11-10-32(5-2)25(35)17-33)22-14-18(6-9-29-22)26-20-7-12-37-13-8-24(20)34(31-26)19-15-21(28)27(36-3)30-16-19/h6,9,14-16,23H,4-5,7-8,10-13,17H2,1-3H3. The molecular formula is C27H33FN6O3. The van der Waals surface area contributed by atoms with Crippen LogP contribution in [0.3, 0.4) is 0 Å². The van der Waals surface area contributed by atoms with Crippen LogP contribution in [-0.2, 0) is 22.4 Å². The predicted molar refractivity (Wildman–Crippen MR) is 136 cm³/mol. The Morgan fingerprint density at radius 3 is 2.73 bits per heavy atom. The van der Waals surface area contributed by atoms with Gasteiger partial charge in [-0.1, -0.05) is 6.92 Å². The monoisotopic (exact) mass is 508 g/mol. The SMILES string of the molecule is CCC(c1cc(-c2nn(-c3cnc(OC)c(F)c3)c3c2CCOCC3)ccn1)N1CCN(CC)C(=O)C1. The number of nitrogens with zero attached hydrogens (tertiary/aromatic N) is 6. The second kappa shape index (κ2) is 10.9. The molecule has 1 amide bonds. The summed E-state index contributed by atoms with van der Waals surface area (Å²) in [7, 11) is 1.39. The van der Waals surface area contributed by atoms with E-state index in [2.05, 4.69) is 22.9 Å². The van der Waals surface area contributed by atoms with Crippen LogP contribution in [0, 0.1) is 5.82 Å². The van der Waals surface area contributed by atoms with Crippen LogP contribution in [0.4, 0.5) is 4.39 Å². The third-order valence-corrected chi connectivity index (χ3v) is 7.25. The van der Waals surface area contributed by atoms with Crippen LogP contribution in [-0.4, -0.2) is 82.0 Å². The summed E-state index contributed by atoms with van der Waals surface area (Å²) in [6, 6.07) is 5.47. The summed E-state index contributed by atoms with van der Waals surface area (Å²) < 4.78 is 27.0.